The third kappa shape index (κ3) is 12.5. The van der Waals surface area contributed by atoms with E-state index in [1.54, 1.807) is 0 Å². The van der Waals surface area contributed by atoms with Crippen molar-refractivity contribution in [2.45, 2.75) is 19.3 Å². The zero-order valence-electron chi connectivity index (χ0n) is 9.34. The van der Waals surface area contributed by atoms with E-state index in [1.165, 1.54) is 0 Å². The molecule has 0 heterocycles. The van der Waals surface area contributed by atoms with Crippen molar-refractivity contribution in [2.24, 2.45) is 0 Å². The van der Waals surface area contributed by atoms with Crippen LogP contribution in [0.15, 0.2) is 0 Å². The average molecular weight is 291 g/mol. The minimum atomic E-state index is -4.33. The highest BCUT2D eigenvalue weighted by atomic mass is 31.2. The van der Waals surface area contributed by atoms with Gasteiger partial charge in [0.2, 0.25) is 0 Å². The number of aliphatic hydroxyl groups excluding tert-OH is 1. The molecule has 8 nitrogen and oxygen atoms in total. The zero-order chi connectivity index (χ0) is 13.5. The molecule has 0 saturated heterocycles. The van der Waals surface area contributed by atoms with Gasteiger partial charge in [-0.15, -0.1) is 0 Å². The molecule has 5 N–H and O–H groups in total. The van der Waals surface area contributed by atoms with E-state index < -0.39 is 27.8 Å². The van der Waals surface area contributed by atoms with Crippen LogP contribution in [-0.2, 0) is 9.13 Å². The minimum Gasteiger partial charge on any atom is -0.396 e. The monoisotopic (exact) mass is 291 g/mol. The minimum absolute atomic E-state index is 0.0248. The molecule has 17 heavy (non-hydrogen) atoms. The summed E-state index contributed by atoms with van der Waals surface area (Å²) >= 11 is 0. The predicted octanol–water partition coefficient (Wildman–Crippen LogP) is -0.279. The Morgan fingerprint density at radius 1 is 0.824 bits per heavy atom. The summed E-state index contributed by atoms with van der Waals surface area (Å²) in [7, 11) is -8.66. The predicted molar refractivity (Wildman–Crippen MR) is 61.5 cm³/mol. The first-order valence-corrected chi connectivity index (χ1v) is 8.66. The summed E-state index contributed by atoms with van der Waals surface area (Å²) in [5.74, 6) is 0. The van der Waals surface area contributed by atoms with Gasteiger partial charge in [-0.1, -0.05) is 0 Å². The van der Waals surface area contributed by atoms with E-state index in [1.807, 2.05) is 0 Å². The van der Waals surface area contributed by atoms with Crippen molar-refractivity contribution in [2.75, 3.05) is 25.7 Å². The summed E-state index contributed by atoms with van der Waals surface area (Å²) in [6, 6.07) is 0. The molecule has 0 atom stereocenters. The lowest BCUT2D eigenvalue weighted by molar-refractivity contribution is 0.259. The van der Waals surface area contributed by atoms with Crippen LogP contribution in [0, 0.1) is 0 Å². The highest BCUT2D eigenvalue weighted by Gasteiger charge is 2.25. The molecule has 0 amide bonds. The van der Waals surface area contributed by atoms with E-state index in [-0.39, 0.29) is 13.2 Å². The Hall–Kier alpha value is 0.220. The van der Waals surface area contributed by atoms with E-state index in [0.717, 1.165) is 4.90 Å². The molecule has 0 aromatic carbocycles. The smallest absolute Gasteiger partial charge is 0.339 e. The van der Waals surface area contributed by atoms with E-state index in [4.69, 9.17) is 24.7 Å². The van der Waals surface area contributed by atoms with Crippen LogP contribution in [0.5, 0.6) is 0 Å². The number of nitrogens with zero attached hydrogens (tertiary/aromatic N) is 1. The standard InChI is InChI=1S/C7H19NO7P2/c9-5-3-1-2-4-8(6-16(10,11)12)7-17(13,14)15/h9H,1-7H2,(H2,10,11,12)(H2,13,14,15). The molecule has 0 unspecified atom stereocenters. The van der Waals surface area contributed by atoms with Gasteiger partial charge in [-0.05, 0) is 25.8 Å². The lowest BCUT2D eigenvalue weighted by atomic mass is 10.2. The molecular formula is C7H19NO7P2. The van der Waals surface area contributed by atoms with Crippen LogP contribution in [0.3, 0.4) is 0 Å². The van der Waals surface area contributed by atoms with E-state index in [2.05, 4.69) is 0 Å². The van der Waals surface area contributed by atoms with E-state index >= 15 is 0 Å². The van der Waals surface area contributed by atoms with Crippen LogP contribution in [0.25, 0.3) is 0 Å². The van der Waals surface area contributed by atoms with Gasteiger partial charge in [0.05, 0.1) is 0 Å². The first-order valence-electron chi connectivity index (χ1n) is 5.06. The molecule has 0 spiro atoms. The second-order valence-corrected chi connectivity index (χ2v) is 7.02. The van der Waals surface area contributed by atoms with Crippen LogP contribution < -0.4 is 0 Å². The third-order valence-electron chi connectivity index (χ3n) is 1.90. The molecule has 0 bridgehead atoms. The molecule has 0 saturated carbocycles. The third-order valence-corrected chi connectivity index (χ3v) is 3.44. The summed E-state index contributed by atoms with van der Waals surface area (Å²) in [5.41, 5.74) is 0. The summed E-state index contributed by atoms with van der Waals surface area (Å²) in [4.78, 5) is 36.1. The Morgan fingerprint density at radius 3 is 1.65 bits per heavy atom. The van der Waals surface area contributed by atoms with Gasteiger partial charge in [-0.25, -0.2) is 0 Å². The van der Waals surface area contributed by atoms with Crippen molar-refractivity contribution in [3.63, 3.8) is 0 Å². The van der Waals surface area contributed by atoms with Crippen LogP contribution in [0.1, 0.15) is 19.3 Å². The quantitative estimate of drug-likeness (QED) is 0.289. The number of hydrogen-bond acceptors (Lipinski definition) is 4. The fourth-order valence-electron chi connectivity index (χ4n) is 1.33. The SMILES string of the molecule is O=P(O)(O)CN(CCCCCO)CP(=O)(O)O. The fraction of sp³-hybridized carbons (Fsp3) is 1.00. The summed E-state index contributed by atoms with van der Waals surface area (Å²) in [5, 5.41) is 8.54. The average Bonchev–Trinajstić information content (AvgIpc) is 2.06. The van der Waals surface area contributed by atoms with Gasteiger partial charge in [-0.2, -0.15) is 0 Å². The maximum Gasteiger partial charge on any atom is 0.339 e. The van der Waals surface area contributed by atoms with E-state index in [0.29, 0.717) is 19.3 Å². The molecule has 10 heteroatoms. The molecule has 0 aliphatic carbocycles. The number of aliphatic hydroxyl groups is 1. The Morgan fingerprint density at radius 2 is 1.29 bits per heavy atom. The lowest BCUT2D eigenvalue weighted by Crippen LogP contribution is -2.27. The van der Waals surface area contributed by atoms with Crippen molar-refractivity contribution >= 4 is 15.2 Å². The maximum absolute atomic E-state index is 10.8. The van der Waals surface area contributed by atoms with Crippen molar-refractivity contribution in [3.8, 4) is 0 Å². The first-order chi connectivity index (χ1) is 7.64. The molecule has 0 rings (SSSR count). The van der Waals surface area contributed by atoms with Gasteiger partial charge in [0, 0.05) is 6.61 Å². The Bertz CT molecular complexity index is 275. The first kappa shape index (κ1) is 17.2. The largest absolute Gasteiger partial charge is 0.396 e. The molecular weight excluding hydrogens is 272 g/mol. The number of rotatable bonds is 9. The highest BCUT2D eigenvalue weighted by molar-refractivity contribution is 7.52. The van der Waals surface area contributed by atoms with Gasteiger partial charge in [0.1, 0.15) is 12.6 Å². The maximum atomic E-state index is 10.8. The van der Waals surface area contributed by atoms with Crippen molar-refractivity contribution < 1.29 is 33.8 Å². The summed E-state index contributed by atoms with van der Waals surface area (Å²) in [6.07, 6.45) is 0.365. The number of unbranched alkanes of at least 4 members (excludes halogenated alkanes) is 2. The van der Waals surface area contributed by atoms with Gasteiger partial charge in [0.15, 0.2) is 0 Å². The summed E-state index contributed by atoms with van der Waals surface area (Å²) in [6.45, 7) is 0.202. The van der Waals surface area contributed by atoms with Gasteiger partial charge in [0.25, 0.3) is 0 Å². The zero-order valence-corrected chi connectivity index (χ0v) is 11.1. The van der Waals surface area contributed by atoms with Crippen LogP contribution in [0.2, 0.25) is 0 Å². The number of hydrogen-bond donors (Lipinski definition) is 5. The highest BCUT2D eigenvalue weighted by Crippen LogP contribution is 2.40. The van der Waals surface area contributed by atoms with Gasteiger partial charge >= 0.3 is 15.2 Å². The second kappa shape index (κ2) is 7.61. The van der Waals surface area contributed by atoms with Gasteiger partial charge in [-0.3, -0.25) is 14.0 Å². The fourth-order valence-corrected chi connectivity index (χ4v) is 3.01. The Balaban J connectivity index is 4.21. The Kier molecular flexibility index (Phi) is 7.71. The van der Waals surface area contributed by atoms with Gasteiger partial charge < -0.3 is 24.7 Å². The van der Waals surface area contributed by atoms with Crippen LogP contribution in [0.4, 0.5) is 0 Å². The molecule has 0 aromatic heterocycles. The van der Waals surface area contributed by atoms with E-state index in [9.17, 15) is 9.13 Å². The topological polar surface area (TPSA) is 139 Å². The normalized spacial score (nSPS) is 13.3. The molecule has 0 fully saturated rings. The molecule has 0 radical (unpaired) electrons. The van der Waals surface area contributed by atoms with Crippen LogP contribution in [-0.4, -0.2) is 55.3 Å². The van der Waals surface area contributed by atoms with Crippen molar-refractivity contribution in [3.05, 3.63) is 0 Å². The lowest BCUT2D eigenvalue weighted by Gasteiger charge is -2.22. The van der Waals surface area contributed by atoms with Crippen molar-refractivity contribution in [1.29, 1.82) is 0 Å². The molecule has 0 aliphatic heterocycles. The summed E-state index contributed by atoms with van der Waals surface area (Å²) < 4.78 is 21.6. The molecule has 104 valence electrons. The molecule has 0 aliphatic rings. The Labute approximate surface area is 99.6 Å². The van der Waals surface area contributed by atoms with Crippen LogP contribution >= 0.6 is 15.2 Å². The van der Waals surface area contributed by atoms with Crippen molar-refractivity contribution in [1.82, 2.24) is 4.90 Å². The molecule has 0 aromatic rings. The second-order valence-electron chi connectivity index (χ2n) is 3.79.